The molecule has 0 N–H and O–H groups in total. The molecule has 24 heavy (non-hydrogen) atoms. The molecular formula is C22H24N2. The van der Waals surface area contributed by atoms with Crippen molar-refractivity contribution >= 4 is 0 Å². The van der Waals surface area contributed by atoms with Gasteiger partial charge in [0, 0.05) is 12.1 Å². The van der Waals surface area contributed by atoms with Crippen LogP contribution in [0.25, 0.3) is 11.1 Å². The normalized spacial score (nSPS) is 26.8. The van der Waals surface area contributed by atoms with Crippen LogP contribution in [-0.2, 0) is 0 Å². The summed E-state index contributed by atoms with van der Waals surface area (Å²) in [5.74, 6) is 0.734. The van der Waals surface area contributed by atoms with Gasteiger partial charge in [0.2, 0.25) is 0 Å². The molecular weight excluding hydrogens is 292 g/mol. The van der Waals surface area contributed by atoms with E-state index in [2.05, 4.69) is 42.2 Å². The number of nitrogens with zero attached hydrogens (tertiary/aromatic N) is 2. The van der Waals surface area contributed by atoms with Crippen molar-refractivity contribution in [2.45, 2.75) is 50.6 Å². The third-order valence-corrected chi connectivity index (χ3v) is 5.92. The summed E-state index contributed by atoms with van der Waals surface area (Å²) in [6.45, 7) is 3.68. The average molecular weight is 316 g/mol. The lowest BCUT2D eigenvalue weighted by molar-refractivity contribution is 0.103. The molecule has 2 fully saturated rings. The summed E-state index contributed by atoms with van der Waals surface area (Å²) < 4.78 is 0. The van der Waals surface area contributed by atoms with Gasteiger partial charge in [0.25, 0.3) is 0 Å². The minimum Gasteiger partial charge on any atom is -0.298 e. The summed E-state index contributed by atoms with van der Waals surface area (Å²) >= 11 is 0. The molecule has 0 spiro atoms. The smallest absolute Gasteiger partial charge is 0.0991 e. The molecule has 0 amide bonds. The quantitative estimate of drug-likeness (QED) is 0.800. The van der Waals surface area contributed by atoms with E-state index in [4.69, 9.17) is 5.26 Å². The second-order valence-electron chi connectivity index (χ2n) is 7.36. The molecule has 2 aliphatic rings. The molecule has 4 rings (SSSR count). The second-order valence-corrected chi connectivity index (χ2v) is 7.36. The van der Waals surface area contributed by atoms with Crippen LogP contribution in [0.5, 0.6) is 0 Å². The lowest BCUT2D eigenvalue weighted by Gasteiger charge is -2.43. The summed E-state index contributed by atoms with van der Waals surface area (Å²) in [5, 5.41) is 8.89. The maximum absolute atomic E-state index is 8.89. The van der Waals surface area contributed by atoms with Crippen LogP contribution in [0.2, 0.25) is 0 Å². The minimum absolute atomic E-state index is 0.715. The summed E-state index contributed by atoms with van der Waals surface area (Å²) in [5.41, 5.74) is 4.60. The maximum atomic E-state index is 8.89. The van der Waals surface area contributed by atoms with E-state index in [0.717, 1.165) is 18.0 Å². The van der Waals surface area contributed by atoms with Crippen molar-refractivity contribution in [3.63, 3.8) is 0 Å². The summed E-state index contributed by atoms with van der Waals surface area (Å²) in [7, 11) is 0. The average Bonchev–Trinajstić information content (AvgIpc) is 3.00. The van der Waals surface area contributed by atoms with Crippen molar-refractivity contribution in [2.24, 2.45) is 0 Å². The Morgan fingerprint density at radius 1 is 0.958 bits per heavy atom. The van der Waals surface area contributed by atoms with Crippen LogP contribution < -0.4 is 0 Å². The fourth-order valence-corrected chi connectivity index (χ4v) is 4.31. The predicted octanol–water partition coefficient (Wildman–Crippen LogP) is 4.96. The van der Waals surface area contributed by atoms with E-state index >= 15 is 0 Å². The number of hydrogen-bond acceptors (Lipinski definition) is 2. The Morgan fingerprint density at radius 2 is 1.58 bits per heavy atom. The molecule has 0 aromatic heterocycles. The number of rotatable bonds is 3. The van der Waals surface area contributed by atoms with Crippen molar-refractivity contribution in [3.8, 4) is 17.2 Å². The molecule has 1 aliphatic heterocycles. The first-order valence-corrected chi connectivity index (χ1v) is 9.11. The molecule has 1 unspecified atom stereocenters. The molecule has 0 bridgehead atoms. The van der Waals surface area contributed by atoms with E-state index in [1.54, 1.807) is 0 Å². The van der Waals surface area contributed by atoms with Crippen LogP contribution in [0, 0.1) is 11.3 Å². The number of nitriles is 1. The molecule has 2 aromatic rings. The van der Waals surface area contributed by atoms with Gasteiger partial charge in [-0.05, 0) is 73.9 Å². The van der Waals surface area contributed by atoms with Crippen LogP contribution in [0.15, 0.2) is 48.5 Å². The summed E-state index contributed by atoms with van der Waals surface area (Å²) in [6.07, 6.45) is 5.39. The highest BCUT2D eigenvalue weighted by atomic mass is 15.2. The molecule has 0 radical (unpaired) electrons. The largest absolute Gasteiger partial charge is 0.298 e. The number of hydrogen-bond donors (Lipinski definition) is 0. The van der Waals surface area contributed by atoms with Gasteiger partial charge in [0.1, 0.15) is 0 Å². The second kappa shape index (κ2) is 6.42. The zero-order valence-electron chi connectivity index (χ0n) is 14.3. The van der Waals surface area contributed by atoms with Crippen LogP contribution in [-0.4, -0.2) is 23.5 Å². The lowest BCUT2D eigenvalue weighted by atomic mass is 9.74. The van der Waals surface area contributed by atoms with Gasteiger partial charge < -0.3 is 0 Å². The molecule has 1 atom stereocenters. The highest BCUT2D eigenvalue weighted by Gasteiger charge is 2.37. The van der Waals surface area contributed by atoms with Gasteiger partial charge in [-0.15, -0.1) is 0 Å². The predicted molar refractivity (Wildman–Crippen MR) is 97.8 cm³/mol. The third-order valence-electron chi connectivity index (χ3n) is 5.92. The molecule has 122 valence electrons. The minimum atomic E-state index is 0.715. The molecule has 2 aromatic carbocycles. The highest BCUT2D eigenvalue weighted by Crippen LogP contribution is 2.42. The Labute approximate surface area is 144 Å². The van der Waals surface area contributed by atoms with E-state index in [1.807, 2.05) is 24.3 Å². The van der Waals surface area contributed by atoms with Gasteiger partial charge in [-0.2, -0.15) is 5.26 Å². The van der Waals surface area contributed by atoms with Gasteiger partial charge in [0.05, 0.1) is 11.6 Å². The Kier molecular flexibility index (Phi) is 4.12. The Morgan fingerprint density at radius 3 is 2.12 bits per heavy atom. The molecule has 1 saturated carbocycles. The van der Waals surface area contributed by atoms with Crippen LogP contribution >= 0.6 is 0 Å². The van der Waals surface area contributed by atoms with Crippen molar-refractivity contribution in [1.29, 1.82) is 5.26 Å². The fourth-order valence-electron chi connectivity index (χ4n) is 4.31. The van der Waals surface area contributed by atoms with E-state index in [1.165, 1.54) is 48.9 Å². The van der Waals surface area contributed by atoms with Gasteiger partial charge in [-0.1, -0.05) is 36.4 Å². The standard InChI is InChI=1S/C22H24N2/c1-16-3-2-12-24(16)22-13-21(14-22)20-10-8-19(9-11-20)18-6-4-17(15-23)5-7-18/h4-11,16,21-22H,2-3,12-14H2,1H3. The first-order chi connectivity index (χ1) is 11.7. The van der Waals surface area contributed by atoms with Gasteiger partial charge in [-0.25, -0.2) is 0 Å². The molecule has 2 heteroatoms. The lowest BCUT2D eigenvalue weighted by Crippen LogP contribution is -2.45. The van der Waals surface area contributed by atoms with Crippen LogP contribution in [0.1, 0.15) is 49.7 Å². The van der Waals surface area contributed by atoms with Crippen molar-refractivity contribution in [1.82, 2.24) is 4.90 Å². The molecule has 1 heterocycles. The van der Waals surface area contributed by atoms with Crippen molar-refractivity contribution in [3.05, 3.63) is 59.7 Å². The molecule has 2 nitrogen and oxygen atoms in total. The van der Waals surface area contributed by atoms with E-state index < -0.39 is 0 Å². The number of benzene rings is 2. The van der Waals surface area contributed by atoms with E-state index in [-0.39, 0.29) is 0 Å². The number of likely N-dealkylation sites (tertiary alicyclic amines) is 1. The summed E-state index contributed by atoms with van der Waals surface area (Å²) in [6, 6.07) is 20.6. The van der Waals surface area contributed by atoms with Crippen molar-refractivity contribution in [2.75, 3.05) is 6.54 Å². The SMILES string of the molecule is CC1CCCN1C1CC(c2ccc(-c3ccc(C#N)cc3)cc2)C1. The zero-order valence-corrected chi connectivity index (χ0v) is 14.3. The van der Waals surface area contributed by atoms with E-state index in [0.29, 0.717) is 5.56 Å². The Balaban J connectivity index is 1.40. The Hall–Kier alpha value is -2.11. The van der Waals surface area contributed by atoms with Gasteiger partial charge in [-0.3, -0.25) is 4.90 Å². The topological polar surface area (TPSA) is 27.0 Å². The van der Waals surface area contributed by atoms with Gasteiger partial charge >= 0.3 is 0 Å². The zero-order chi connectivity index (χ0) is 16.5. The third kappa shape index (κ3) is 2.85. The van der Waals surface area contributed by atoms with Gasteiger partial charge in [0.15, 0.2) is 0 Å². The maximum Gasteiger partial charge on any atom is 0.0991 e. The highest BCUT2D eigenvalue weighted by molar-refractivity contribution is 5.64. The molecule has 1 aliphatic carbocycles. The first-order valence-electron chi connectivity index (χ1n) is 9.11. The van der Waals surface area contributed by atoms with Crippen molar-refractivity contribution < 1.29 is 0 Å². The first kappa shape index (κ1) is 15.4. The fraction of sp³-hybridized carbons (Fsp3) is 0.409. The Bertz CT molecular complexity index is 733. The summed E-state index contributed by atoms with van der Waals surface area (Å²) in [4.78, 5) is 2.72. The monoisotopic (exact) mass is 316 g/mol. The van der Waals surface area contributed by atoms with Crippen LogP contribution in [0.4, 0.5) is 0 Å². The van der Waals surface area contributed by atoms with E-state index in [9.17, 15) is 0 Å². The molecule has 1 saturated heterocycles. The van der Waals surface area contributed by atoms with Crippen LogP contribution in [0.3, 0.4) is 0 Å².